The molecular formula is C15H20Cl2O2. The van der Waals surface area contributed by atoms with Crippen molar-refractivity contribution in [1.82, 2.24) is 0 Å². The molecule has 0 N–H and O–H groups in total. The van der Waals surface area contributed by atoms with E-state index < -0.39 is 0 Å². The van der Waals surface area contributed by atoms with Crippen molar-refractivity contribution in [2.75, 3.05) is 6.61 Å². The van der Waals surface area contributed by atoms with Crippen molar-refractivity contribution < 1.29 is 9.53 Å². The van der Waals surface area contributed by atoms with E-state index in [1.165, 1.54) is 0 Å². The van der Waals surface area contributed by atoms with Gasteiger partial charge in [-0.25, -0.2) is 0 Å². The minimum absolute atomic E-state index is 0.133. The standard InChI is InChI=1S/C15H20Cl2O2/c1-3-5-11(9-15(18)19-4-2)8-12-6-7-13(16)10-14(12)17/h6-7,10-11H,3-5,8-9H2,1-2H3. The van der Waals surface area contributed by atoms with Crippen LogP contribution in [0.4, 0.5) is 0 Å². The highest BCUT2D eigenvalue weighted by Crippen LogP contribution is 2.26. The van der Waals surface area contributed by atoms with E-state index in [0.29, 0.717) is 23.1 Å². The zero-order valence-corrected chi connectivity index (χ0v) is 12.9. The molecule has 0 saturated carbocycles. The van der Waals surface area contributed by atoms with E-state index in [0.717, 1.165) is 24.8 Å². The Balaban J connectivity index is 2.69. The van der Waals surface area contributed by atoms with Crippen LogP contribution in [-0.4, -0.2) is 12.6 Å². The predicted octanol–water partition coefficient (Wildman–Crippen LogP) is 4.91. The summed E-state index contributed by atoms with van der Waals surface area (Å²) in [5.41, 5.74) is 1.04. The van der Waals surface area contributed by atoms with Gasteiger partial charge in [-0.3, -0.25) is 4.79 Å². The van der Waals surface area contributed by atoms with Crippen LogP contribution < -0.4 is 0 Å². The molecule has 0 aliphatic carbocycles. The van der Waals surface area contributed by atoms with Crippen LogP contribution in [0, 0.1) is 5.92 Å². The monoisotopic (exact) mass is 302 g/mol. The Hall–Kier alpha value is -0.730. The van der Waals surface area contributed by atoms with Crippen LogP contribution in [0.1, 0.15) is 38.7 Å². The summed E-state index contributed by atoms with van der Waals surface area (Å²) in [5.74, 6) is 0.133. The zero-order chi connectivity index (χ0) is 14.3. The van der Waals surface area contributed by atoms with Crippen LogP contribution >= 0.6 is 23.2 Å². The maximum absolute atomic E-state index is 11.6. The first kappa shape index (κ1) is 16.3. The van der Waals surface area contributed by atoms with Crippen molar-refractivity contribution in [2.45, 2.75) is 39.5 Å². The first-order chi connectivity index (χ1) is 9.06. The molecule has 0 fully saturated rings. The highest BCUT2D eigenvalue weighted by Gasteiger charge is 2.16. The second-order valence-corrected chi connectivity index (χ2v) is 5.45. The Morgan fingerprint density at radius 3 is 2.63 bits per heavy atom. The normalized spacial score (nSPS) is 12.2. The van der Waals surface area contributed by atoms with Gasteiger partial charge in [-0.1, -0.05) is 42.6 Å². The fourth-order valence-corrected chi connectivity index (χ4v) is 2.62. The molecule has 0 aliphatic rings. The molecule has 0 aromatic heterocycles. The lowest BCUT2D eigenvalue weighted by Gasteiger charge is -2.16. The van der Waals surface area contributed by atoms with Gasteiger partial charge in [0.25, 0.3) is 0 Å². The van der Waals surface area contributed by atoms with E-state index in [1.807, 2.05) is 19.1 Å². The molecule has 0 heterocycles. The minimum atomic E-state index is -0.133. The van der Waals surface area contributed by atoms with Gasteiger partial charge >= 0.3 is 5.97 Å². The van der Waals surface area contributed by atoms with Gasteiger partial charge in [0.2, 0.25) is 0 Å². The Labute approximate surface area is 125 Å². The number of benzene rings is 1. The van der Waals surface area contributed by atoms with Crippen molar-refractivity contribution in [3.8, 4) is 0 Å². The molecule has 4 heteroatoms. The van der Waals surface area contributed by atoms with E-state index in [-0.39, 0.29) is 11.9 Å². The van der Waals surface area contributed by atoms with E-state index >= 15 is 0 Å². The first-order valence-corrected chi connectivity index (χ1v) is 7.41. The lowest BCUT2D eigenvalue weighted by atomic mass is 9.92. The van der Waals surface area contributed by atoms with E-state index in [9.17, 15) is 4.79 Å². The number of ether oxygens (including phenoxy) is 1. The molecule has 1 aromatic carbocycles. The van der Waals surface area contributed by atoms with Gasteiger partial charge in [-0.05, 0) is 43.4 Å². The maximum Gasteiger partial charge on any atom is 0.306 e. The van der Waals surface area contributed by atoms with Crippen LogP contribution in [0.15, 0.2) is 18.2 Å². The number of carbonyl (C=O) groups excluding carboxylic acids is 1. The summed E-state index contributed by atoms with van der Waals surface area (Å²) in [5, 5.41) is 1.30. The molecule has 0 bridgehead atoms. The Kier molecular flexibility index (Phi) is 7.25. The smallest absolute Gasteiger partial charge is 0.306 e. The quantitative estimate of drug-likeness (QED) is 0.669. The summed E-state index contributed by atoms with van der Waals surface area (Å²) in [7, 11) is 0. The maximum atomic E-state index is 11.6. The van der Waals surface area contributed by atoms with Gasteiger partial charge in [-0.2, -0.15) is 0 Å². The number of esters is 1. The fraction of sp³-hybridized carbons (Fsp3) is 0.533. The van der Waals surface area contributed by atoms with Gasteiger partial charge in [0.05, 0.1) is 6.61 Å². The largest absolute Gasteiger partial charge is 0.466 e. The van der Waals surface area contributed by atoms with Crippen LogP contribution in [0.2, 0.25) is 10.0 Å². The van der Waals surface area contributed by atoms with E-state index in [1.54, 1.807) is 6.07 Å². The highest BCUT2D eigenvalue weighted by molar-refractivity contribution is 6.35. The third kappa shape index (κ3) is 5.84. The summed E-state index contributed by atoms with van der Waals surface area (Å²) in [4.78, 5) is 11.6. The molecular weight excluding hydrogens is 283 g/mol. The molecule has 1 aromatic rings. The van der Waals surface area contributed by atoms with Crippen molar-refractivity contribution in [2.24, 2.45) is 5.92 Å². The van der Waals surface area contributed by atoms with Crippen LogP contribution in [-0.2, 0) is 16.0 Å². The molecule has 1 atom stereocenters. The summed E-state index contributed by atoms with van der Waals surface area (Å²) in [6.45, 7) is 4.36. The minimum Gasteiger partial charge on any atom is -0.466 e. The number of rotatable bonds is 7. The van der Waals surface area contributed by atoms with Gasteiger partial charge in [-0.15, -0.1) is 0 Å². The molecule has 19 heavy (non-hydrogen) atoms. The predicted molar refractivity (Wildman–Crippen MR) is 79.8 cm³/mol. The summed E-state index contributed by atoms with van der Waals surface area (Å²) >= 11 is 12.1. The van der Waals surface area contributed by atoms with Crippen molar-refractivity contribution in [1.29, 1.82) is 0 Å². The second kappa shape index (κ2) is 8.44. The Morgan fingerprint density at radius 2 is 2.05 bits per heavy atom. The van der Waals surface area contributed by atoms with Gasteiger partial charge in [0, 0.05) is 16.5 Å². The molecule has 0 spiro atoms. The average Bonchev–Trinajstić information content (AvgIpc) is 2.33. The molecule has 0 aliphatic heterocycles. The van der Waals surface area contributed by atoms with Crippen LogP contribution in [0.5, 0.6) is 0 Å². The molecule has 106 valence electrons. The van der Waals surface area contributed by atoms with E-state index in [4.69, 9.17) is 27.9 Å². The number of hydrogen-bond donors (Lipinski definition) is 0. The number of halogens is 2. The lowest BCUT2D eigenvalue weighted by molar-refractivity contribution is -0.144. The summed E-state index contributed by atoms with van der Waals surface area (Å²) in [6.07, 6.45) is 3.25. The van der Waals surface area contributed by atoms with E-state index in [2.05, 4.69) is 6.92 Å². The third-order valence-corrected chi connectivity index (χ3v) is 3.57. The second-order valence-electron chi connectivity index (χ2n) is 4.60. The molecule has 0 saturated heterocycles. The Bertz CT molecular complexity index is 419. The molecule has 2 nitrogen and oxygen atoms in total. The molecule has 1 unspecified atom stereocenters. The topological polar surface area (TPSA) is 26.3 Å². The van der Waals surface area contributed by atoms with Gasteiger partial charge < -0.3 is 4.74 Å². The average molecular weight is 303 g/mol. The zero-order valence-electron chi connectivity index (χ0n) is 11.4. The molecule has 1 rings (SSSR count). The molecule has 0 amide bonds. The van der Waals surface area contributed by atoms with Crippen molar-refractivity contribution in [3.05, 3.63) is 33.8 Å². The first-order valence-electron chi connectivity index (χ1n) is 6.66. The van der Waals surface area contributed by atoms with Crippen LogP contribution in [0.3, 0.4) is 0 Å². The molecule has 0 radical (unpaired) electrons. The van der Waals surface area contributed by atoms with Crippen LogP contribution in [0.25, 0.3) is 0 Å². The summed E-state index contributed by atoms with van der Waals surface area (Å²) < 4.78 is 5.01. The number of hydrogen-bond acceptors (Lipinski definition) is 2. The fourth-order valence-electron chi connectivity index (χ4n) is 2.14. The van der Waals surface area contributed by atoms with Crippen molar-refractivity contribution >= 4 is 29.2 Å². The lowest BCUT2D eigenvalue weighted by Crippen LogP contribution is -2.14. The van der Waals surface area contributed by atoms with Gasteiger partial charge in [0.1, 0.15) is 0 Å². The number of carbonyl (C=O) groups is 1. The third-order valence-electron chi connectivity index (χ3n) is 2.98. The summed E-state index contributed by atoms with van der Waals surface area (Å²) in [6, 6.07) is 5.50. The van der Waals surface area contributed by atoms with Gasteiger partial charge in [0.15, 0.2) is 0 Å². The highest BCUT2D eigenvalue weighted by atomic mass is 35.5. The Morgan fingerprint density at radius 1 is 1.32 bits per heavy atom. The SMILES string of the molecule is CCCC(CC(=O)OCC)Cc1ccc(Cl)cc1Cl. The van der Waals surface area contributed by atoms with Crippen molar-refractivity contribution in [3.63, 3.8) is 0 Å².